The minimum absolute atomic E-state index is 0.299. The highest BCUT2D eigenvalue weighted by Crippen LogP contribution is 1.86. The number of esters is 1. The minimum atomic E-state index is -0.574. The van der Waals surface area contributed by atoms with Crippen LogP contribution in [0.1, 0.15) is 13.8 Å². The Kier molecular flexibility index (Phi) is 6.47. The molecule has 0 spiro atoms. The molecule has 2 amide bonds. The van der Waals surface area contributed by atoms with Gasteiger partial charge < -0.3 is 21.1 Å². The van der Waals surface area contributed by atoms with Gasteiger partial charge in [-0.1, -0.05) is 0 Å². The summed E-state index contributed by atoms with van der Waals surface area (Å²) < 4.78 is 4.77. The summed E-state index contributed by atoms with van der Waals surface area (Å²) in [4.78, 5) is 21.3. The minimum Gasteiger partial charge on any atom is -0.465 e. The summed E-state index contributed by atoms with van der Waals surface area (Å²) in [5.74, 6) is -0.299. The summed E-state index contributed by atoms with van der Waals surface area (Å²) in [6, 6.07) is -0.944. The van der Waals surface area contributed by atoms with Crippen LogP contribution in [0.25, 0.3) is 0 Å². The van der Waals surface area contributed by atoms with Crippen LogP contribution in [0.2, 0.25) is 0 Å². The van der Waals surface area contributed by atoms with Gasteiger partial charge in [0.25, 0.3) is 0 Å². The van der Waals surface area contributed by atoms with Gasteiger partial charge >= 0.3 is 12.0 Å². The summed E-state index contributed by atoms with van der Waals surface area (Å²) in [6.45, 7) is 4.67. The number of ether oxygens (including phenoxy) is 1. The molecule has 0 saturated carbocycles. The molecule has 14 heavy (non-hydrogen) atoms. The molecule has 82 valence electrons. The van der Waals surface area contributed by atoms with Crippen molar-refractivity contribution < 1.29 is 14.3 Å². The summed E-state index contributed by atoms with van der Waals surface area (Å²) >= 11 is 0. The zero-order chi connectivity index (χ0) is 11.0. The summed E-state index contributed by atoms with van der Waals surface area (Å²) in [5, 5.41) is 5.27. The Morgan fingerprint density at radius 3 is 2.57 bits per heavy atom. The maximum atomic E-state index is 11.1. The van der Waals surface area contributed by atoms with Gasteiger partial charge in [-0.15, -0.1) is 0 Å². The van der Waals surface area contributed by atoms with Crippen molar-refractivity contribution in [2.75, 3.05) is 19.7 Å². The van der Waals surface area contributed by atoms with Crippen LogP contribution in [0.5, 0.6) is 0 Å². The largest absolute Gasteiger partial charge is 0.465 e. The second kappa shape index (κ2) is 7.14. The number of carbonyl (C=O) groups is 2. The van der Waals surface area contributed by atoms with Crippen molar-refractivity contribution in [2.24, 2.45) is 5.73 Å². The van der Waals surface area contributed by atoms with E-state index in [0.717, 1.165) is 0 Å². The molecule has 6 nitrogen and oxygen atoms in total. The van der Waals surface area contributed by atoms with Gasteiger partial charge in [-0.25, -0.2) is 4.79 Å². The Bertz CT molecular complexity index is 196. The Labute approximate surface area is 83.2 Å². The molecular weight excluding hydrogens is 186 g/mol. The third-order valence-corrected chi connectivity index (χ3v) is 1.51. The molecule has 0 aromatic carbocycles. The van der Waals surface area contributed by atoms with Gasteiger partial charge in [-0.05, 0) is 13.8 Å². The molecule has 0 aromatic rings. The standard InChI is InChI=1S/C8H17N3O3/c1-3-14-7(12)6(2)10-4-5-11-8(9)13/h6,10H,3-5H2,1-2H3,(H3,9,11,13). The van der Waals surface area contributed by atoms with Crippen molar-refractivity contribution in [1.29, 1.82) is 0 Å². The fourth-order valence-electron chi connectivity index (χ4n) is 0.825. The van der Waals surface area contributed by atoms with Crippen molar-refractivity contribution in [3.8, 4) is 0 Å². The molecule has 0 aliphatic carbocycles. The van der Waals surface area contributed by atoms with E-state index in [9.17, 15) is 9.59 Å². The first-order chi connectivity index (χ1) is 6.57. The maximum absolute atomic E-state index is 11.1. The van der Waals surface area contributed by atoms with Crippen LogP contribution >= 0.6 is 0 Å². The average Bonchev–Trinajstić information content (AvgIpc) is 2.12. The second-order valence-corrected chi connectivity index (χ2v) is 2.72. The quantitative estimate of drug-likeness (QED) is 0.389. The third kappa shape index (κ3) is 6.24. The molecule has 1 atom stereocenters. The van der Waals surface area contributed by atoms with Crippen molar-refractivity contribution in [3.05, 3.63) is 0 Å². The number of nitrogens with one attached hydrogen (secondary N) is 2. The van der Waals surface area contributed by atoms with E-state index in [1.54, 1.807) is 13.8 Å². The fourth-order valence-corrected chi connectivity index (χ4v) is 0.825. The molecular formula is C8H17N3O3. The summed E-state index contributed by atoms with van der Waals surface area (Å²) in [5.41, 5.74) is 4.85. The van der Waals surface area contributed by atoms with E-state index >= 15 is 0 Å². The van der Waals surface area contributed by atoms with Crippen LogP contribution in [0.15, 0.2) is 0 Å². The summed E-state index contributed by atoms with van der Waals surface area (Å²) in [7, 11) is 0. The van der Waals surface area contributed by atoms with Crippen molar-refractivity contribution in [1.82, 2.24) is 10.6 Å². The van der Waals surface area contributed by atoms with E-state index in [0.29, 0.717) is 19.7 Å². The van der Waals surface area contributed by atoms with Gasteiger partial charge in [0.05, 0.1) is 6.61 Å². The lowest BCUT2D eigenvalue weighted by Crippen LogP contribution is -2.41. The van der Waals surface area contributed by atoms with E-state index in [4.69, 9.17) is 10.5 Å². The Balaban J connectivity index is 3.48. The normalized spacial score (nSPS) is 11.9. The Morgan fingerprint density at radius 2 is 2.07 bits per heavy atom. The van der Waals surface area contributed by atoms with E-state index in [1.165, 1.54) is 0 Å². The molecule has 0 heterocycles. The number of carbonyl (C=O) groups excluding carboxylic acids is 2. The van der Waals surface area contributed by atoms with Gasteiger partial charge in [0.15, 0.2) is 0 Å². The summed E-state index contributed by atoms with van der Waals surface area (Å²) in [6.07, 6.45) is 0. The van der Waals surface area contributed by atoms with Crippen LogP contribution in [0.4, 0.5) is 4.79 Å². The predicted octanol–water partition coefficient (Wildman–Crippen LogP) is -0.804. The lowest BCUT2D eigenvalue weighted by Gasteiger charge is -2.12. The molecule has 6 heteroatoms. The van der Waals surface area contributed by atoms with Gasteiger partial charge in [0.2, 0.25) is 0 Å². The number of primary amides is 1. The SMILES string of the molecule is CCOC(=O)C(C)NCCNC(N)=O. The van der Waals surface area contributed by atoms with Gasteiger partial charge in [0.1, 0.15) is 6.04 Å². The lowest BCUT2D eigenvalue weighted by atomic mass is 10.3. The van der Waals surface area contributed by atoms with E-state index in [1.807, 2.05) is 0 Å². The molecule has 0 aliphatic rings. The topological polar surface area (TPSA) is 93.4 Å². The fraction of sp³-hybridized carbons (Fsp3) is 0.750. The highest BCUT2D eigenvalue weighted by atomic mass is 16.5. The first-order valence-corrected chi connectivity index (χ1v) is 4.51. The van der Waals surface area contributed by atoms with Crippen molar-refractivity contribution >= 4 is 12.0 Å². The molecule has 0 radical (unpaired) electrons. The highest BCUT2D eigenvalue weighted by molar-refractivity contribution is 5.75. The molecule has 0 aliphatic heterocycles. The number of amides is 2. The third-order valence-electron chi connectivity index (χ3n) is 1.51. The van der Waals surface area contributed by atoms with Crippen LogP contribution in [0.3, 0.4) is 0 Å². The highest BCUT2D eigenvalue weighted by Gasteiger charge is 2.11. The van der Waals surface area contributed by atoms with Crippen LogP contribution in [-0.4, -0.2) is 37.7 Å². The van der Waals surface area contributed by atoms with E-state index < -0.39 is 6.03 Å². The number of hydrogen-bond acceptors (Lipinski definition) is 4. The molecule has 0 fully saturated rings. The molecule has 0 rings (SSSR count). The van der Waals surface area contributed by atoms with Crippen LogP contribution < -0.4 is 16.4 Å². The van der Waals surface area contributed by atoms with Gasteiger partial charge in [-0.3, -0.25) is 4.79 Å². The predicted molar refractivity (Wildman–Crippen MR) is 51.7 cm³/mol. The Morgan fingerprint density at radius 1 is 1.43 bits per heavy atom. The first kappa shape index (κ1) is 12.7. The molecule has 4 N–H and O–H groups in total. The lowest BCUT2D eigenvalue weighted by molar-refractivity contribution is -0.145. The number of hydrogen-bond donors (Lipinski definition) is 3. The van der Waals surface area contributed by atoms with E-state index in [2.05, 4.69) is 10.6 Å². The zero-order valence-electron chi connectivity index (χ0n) is 8.50. The second-order valence-electron chi connectivity index (χ2n) is 2.72. The molecule has 0 aromatic heterocycles. The molecule has 1 unspecified atom stereocenters. The number of nitrogens with two attached hydrogens (primary N) is 1. The number of rotatable bonds is 6. The molecule has 0 bridgehead atoms. The van der Waals surface area contributed by atoms with Crippen molar-refractivity contribution in [3.63, 3.8) is 0 Å². The zero-order valence-corrected chi connectivity index (χ0v) is 8.50. The average molecular weight is 203 g/mol. The first-order valence-electron chi connectivity index (χ1n) is 4.51. The molecule has 0 saturated heterocycles. The number of urea groups is 1. The van der Waals surface area contributed by atoms with Crippen LogP contribution in [0, 0.1) is 0 Å². The maximum Gasteiger partial charge on any atom is 0.322 e. The Hall–Kier alpha value is -1.30. The smallest absolute Gasteiger partial charge is 0.322 e. The van der Waals surface area contributed by atoms with Crippen molar-refractivity contribution in [2.45, 2.75) is 19.9 Å². The van der Waals surface area contributed by atoms with E-state index in [-0.39, 0.29) is 12.0 Å². The van der Waals surface area contributed by atoms with Gasteiger partial charge in [0, 0.05) is 13.1 Å². The van der Waals surface area contributed by atoms with Crippen LogP contribution in [-0.2, 0) is 9.53 Å². The van der Waals surface area contributed by atoms with Gasteiger partial charge in [-0.2, -0.15) is 0 Å². The monoisotopic (exact) mass is 203 g/mol.